The molecule has 0 aliphatic heterocycles. The van der Waals surface area contributed by atoms with Crippen molar-refractivity contribution in [1.29, 1.82) is 0 Å². The van der Waals surface area contributed by atoms with E-state index >= 15 is 0 Å². The first-order valence-corrected chi connectivity index (χ1v) is 10.6. The number of hydrogen-bond donors (Lipinski definition) is 1. The molecule has 1 aromatic heterocycles. The van der Waals surface area contributed by atoms with Gasteiger partial charge in [-0.25, -0.2) is 4.39 Å². The van der Waals surface area contributed by atoms with Gasteiger partial charge in [0.1, 0.15) is 11.9 Å². The van der Waals surface area contributed by atoms with Crippen molar-refractivity contribution >= 4 is 29.1 Å². The summed E-state index contributed by atoms with van der Waals surface area (Å²) in [4.78, 5) is 28.2. The Morgan fingerprint density at radius 2 is 1.74 bits per heavy atom. The molecular weight excluding hydrogens is 419 g/mol. The molecule has 1 N–H and O–H groups in total. The topological polar surface area (TPSA) is 62.6 Å². The lowest BCUT2D eigenvalue weighted by Crippen LogP contribution is -2.46. The molecule has 2 amide bonds. The second-order valence-corrected chi connectivity index (χ2v) is 7.93. The number of carbonyl (C=O) groups is 2. The number of para-hydroxylation sites is 1. The quantitative estimate of drug-likeness (QED) is 0.549. The van der Waals surface area contributed by atoms with E-state index in [1.165, 1.54) is 29.4 Å². The van der Waals surface area contributed by atoms with E-state index in [1.54, 1.807) is 42.5 Å². The fourth-order valence-corrected chi connectivity index (χ4v) is 4.20. The first kappa shape index (κ1) is 21.1. The average molecular weight is 441 g/mol. The number of benzene rings is 2. The Labute approximate surface area is 184 Å². The van der Waals surface area contributed by atoms with E-state index in [4.69, 9.17) is 16.0 Å². The van der Waals surface area contributed by atoms with Crippen LogP contribution in [-0.4, -0.2) is 17.9 Å². The smallest absolute Gasteiger partial charge is 0.295 e. The van der Waals surface area contributed by atoms with Crippen LogP contribution < -0.4 is 10.2 Å². The van der Waals surface area contributed by atoms with Gasteiger partial charge in [0.25, 0.3) is 5.91 Å². The predicted octanol–water partition coefficient (Wildman–Crippen LogP) is 5.52. The molecule has 0 bridgehead atoms. The zero-order chi connectivity index (χ0) is 21.8. The predicted molar refractivity (Wildman–Crippen MR) is 117 cm³/mol. The van der Waals surface area contributed by atoms with E-state index in [0.717, 1.165) is 25.7 Å². The fraction of sp³-hybridized carbons (Fsp3) is 0.250. The van der Waals surface area contributed by atoms with E-state index in [0.29, 0.717) is 5.69 Å². The molecule has 1 aliphatic carbocycles. The lowest BCUT2D eigenvalue weighted by molar-refractivity contribution is -0.123. The number of nitrogens with zero attached hydrogens (tertiary/aromatic N) is 1. The average Bonchev–Trinajstić information content (AvgIpc) is 3.47. The third-order valence-electron chi connectivity index (χ3n) is 5.47. The molecule has 5 nitrogen and oxygen atoms in total. The molecule has 3 aromatic rings. The van der Waals surface area contributed by atoms with Crippen LogP contribution in [-0.2, 0) is 4.79 Å². The third-order valence-corrected chi connectivity index (χ3v) is 5.79. The molecule has 1 atom stereocenters. The number of furan rings is 1. The zero-order valence-electron chi connectivity index (χ0n) is 16.8. The Balaban J connectivity index is 1.84. The van der Waals surface area contributed by atoms with Crippen molar-refractivity contribution < 1.29 is 18.4 Å². The molecule has 0 unspecified atom stereocenters. The van der Waals surface area contributed by atoms with Gasteiger partial charge in [-0.2, -0.15) is 0 Å². The Morgan fingerprint density at radius 1 is 1.03 bits per heavy atom. The monoisotopic (exact) mass is 440 g/mol. The zero-order valence-corrected chi connectivity index (χ0v) is 17.5. The molecule has 1 saturated carbocycles. The van der Waals surface area contributed by atoms with Crippen molar-refractivity contribution in [2.24, 2.45) is 0 Å². The van der Waals surface area contributed by atoms with E-state index in [2.05, 4.69) is 5.32 Å². The standard InChI is InChI=1S/C24H22ClFN2O3/c25-18-11-4-6-13-20(18)28(24(30)21-14-7-15-31-21)22(17-10-3-5-12-19(17)26)23(29)27-16-8-1-2-9-16/h3-7,10-16,22H,1-2,8-9H2,(H,27,29)/t22-/m1/s1. The number of halogens is 2. The highest BCUT2D eigenvalue weighted by atomic mass is 35.5. The first-order valence-electron chi connectivity index (χ1n) is 10.2. The van der Waals surface area contributed by atoms with Crippen molar-refractivity contribution in [1.82, 2.24) is 5.32 Å². The van der Waals surface area contributed by atoms with Crippen molar-refractivity contribution in [3.05, 3.63) is 89.1 Å². The molecule has 160 valence electrons. The minimum atomic E-state index is -1.26. The van der Waals surface area contributed by atoms with Gasteiger partial charge in [0.15, 0.2) is 5.76 Å². The van der Waals surface area contributed by atoms with Crippen LogP contribution in [0.15, 0.2) is 71.3 Å². The number of hydrogen-bond acceptors (Lipinski definition) is 3. The molecule has 0 saturated heterocycles. The number of anilines is 1. The minimum Gasteiger partial charge on any atom is -0.459 e. The summed E-state index contributed by atoms with van der Waals surface area (Å²) in [6.07, 6.45) is 5.13. The maximum Gasteiger partial charge on any atom is 0.295 e. The third kappa shape index (κ3) is 4.49. The second kappa shape index (κ2) is 9.35. The van der Waals surface area contributed by atoms with Crippen molar-refractivity contribution in [3.8, 4) is 0 Å². The number of carbonyl (C=O) groups excluding carboxylic acids is 2. The maximum atomic E-state index is 14.9. The molecule has 7 heteroatoms. The first-order chi connectivity index (χ1) is 15.1. The maximum absolute atomic E-state index is 14.9. The van der Waals surface area contributed by atoms with Crippen molar-refractivity contribution in [2.45, 2.75) is 37.8 Å². The van der Waals surface area contributed by atoms with Crippen LogP contribution in [0.2, 0.25) is 5.02 Å². The van der Waals surface area contributed by atoms with Crippen LogP contribution in [0, 0.1) is 5.82 Å². The van der Waals surface area contributed by atoms with Gasteiger partial charge in [-0.1, -0.05) is 54.8 Å². The largest absolute Gasteiger partial charge is 0.459 e. The van der Waals surface area contributed by atoms with E-state index in [1.807, 2.05) is 0 Å². The summed E-state index contributed by atoms with van der Waals surface area (Å²) < 4.78 is 20.2. The summed E-state index contributed by atoms with van der Waals surface area (Å²) >= 11 is 6.42. The van der Waals surface area contributed by atoms with E-state index in [-0.39, 0.29) is 22.4 Å². The second-order valence-electron chi connectivity index (χ2n) is 7.52. The Morgan fingerprint density at radius 3 is 2.42 bits per heavy atom. The summed E-state index contributed by atoms with van der Waals surface area (Å²) in [5.41, 5.74) is 0.373. The number of amides is 2. The molecule has 31 heavy (non-hydrogen) atoms. The normalized spacial score (nSPS) is 14.9. The number of nitrogens with one attached hydrogen (secondary N) is 1. The summed E-state index contributed by atoms with van der Waals surface area (Å²) in [6.45, 7) is 0. The van der Waals surface area contributed by atoms with Gasteiger partial charge < -0.3 is 9.73 Å². The van der Waals surface area contributed by atoms with E-state index in [9.17, 15) is 14.0 Å². The van der Waals surface area contributed by atoms with Gasteiger partial charge in [0.05, 0.1) is 17.0 Å². The minimum absolute atomic E-state index is 0.00594. The van der Waals surface area contributed by atoms with Crippen LogP contribution in [0.1, 0.15) is 47.8 Å². The summed E-state index contributed by atoms with van der Waals surface area (Å²) in [6, 6.07) is 14.4. The van der Waals surface area contributed by atoms with Crippen LogP contribution in [0.25, 0.3) is 0 Å². The summed E-state index contributed by atoms with van der Waals surface area (Å²) in [5, 5.41) is 3.26. The molecule has 2 aromatic carbocycles. The molecule has 1 heterocycles. The van der Waals surface area contributed by atoms with E-state index < -0.39 is 23.7 Å². The number of rotatable bonds is 6. The van der Waals surface area contributed by atoms with Crippen molar-refractivity contribution in [3.63, 3.8) is 0 Å². The Hall–Kier alpha value is -3.12. The van der Waals surface area contributed by atoms with Gasteiger partial charge in [-0.05, 0) is 43.2 Å². The van der Waals surface area contributed by atoms with Gasteiger partial charge in [-0.15, -0.1) is 0 Å². The Kier molecular flexibility index (Phi) is 6.37. The summed E-state index contributed by atoms with van der Waals surface area (Å²) in [7, 11) is 0. The highest BCUT2D eigenvalue weighted by Gasteiger charge is 2.37. The van der Waals surface area contributed by atoms with Crippen molar-refractivity contribution in [2.75, 3.05) is 4.90 Å². The molecule has 0 spiro atoms. The molecular formula is C24H22ClFN2O3. The van der Waals surface area contributed by atoms with Crippen LogP contribution in [0.5, 0.6) is 0 Å². The van der Waals surface area contributed by atoms with Gasteiger partial charge in [0.2, 0.25) is 5.91 Å². The van der Waals surface area contributed by atoms with Gasteiger partial charge >= 0.3 is 0 Å². The van der Waals surface area contributed by atoms with Crippen LogP contribution in [0.3, 0.4) is 0 Å². The highest BCUT2D eigenvalue weighted by molar-refractivity contribution is 6.34. The Bertz CT molecular complexity index is 1060. The molecule has 4 rings (SSSR count). The molecule has 1 fully saturated rings. The fourth-order valence-electron chi connectivity index (χ4n) is 3.98. The van der Waals surface area contributed by atoms with Gasteiger partial charge in [0, 0.05) is 11.6 Å². The SMILES string of the molecule is O=C(NC1CCCC1)[C@@H](c1ccccc1F)N(C(=O)c1ccco1)c1ccccc1Cl. The highest BCUT2D eigenvalue weighted by Crippen LogP contribution is 2.35. The van der Waals surface area contributed by atoms with Crippen LogP contribution in [0.4, 0.5) is 10.1 Å². The molecule has 0 radical (unpaired) electrons. The molecule has 1 aliphatic rings. The van der Waals surface area contributed by atoms with Crippen LogP contribution >= 0.6 is 11.6 Å². The lowest BCUT2D eigenvalue weighted by atomic mass is 10.0. The summed E-state index contributed by atoms with van der Waals surface area (Å²) in [5.74, 6) is -1.61. The van der Waals surface area contributed by atoms with Gasteiger partial charge in [-0.3, -0.25) is 14.5 Å². The lowest BCUT2D eigenvalue weighted by Gasteiger charge is -2.32.